The molecule has 4 nitrogen and oxygen atoms in total. The van der Waals surface area contributed by atoms with Gasteiger partial charge in [-0.05, 0) is 30.5 Å². The average Bonchev–Trinajstić information content (AvgIpc) is 2.90. The van der Waals surface area contributed by atoms with Crippen LogP contribution in [0.25, 0.3) is 0 Å². The van der Waals surface area contributed by atoms with Crippen molar-refractivity contribution >= 4 is 0 Å². The van der Waals surface area contributed by atoms with E-state index in [1.165, 1.54) is 12.1 Å². The van der Waals surface area contributed by atoms with Gasteiger partial charge in [0.05, 0.1) is 12.0 Å². The fraction of sp³-hybridized carbons (Fsp3) is 0.467. The van der Waals surface area contributed by atoms with Gasteiger partial charge in [0, 0.05) is 6.42 Å². The second kappa shape index (κ2) is 5.71. The van der Waals surface area contributed by atoms with Crippen molar-refractivity contribution in [3.63, 3.8) is 0 Å². The van der Waals surface area contributed by atoms with Gasteiger partial charge in [0.25, 0.3) is 0 Å². The molecule has 3 rings (SSSR count). The highest BCUT2D eigenvalue weighted by Gasteiger charge is 2.29. The van der Waals surface area contributed by atoms with Crippen molar-refractivity contribution in [2.75, 3.05) is 0 Å². The van der Waals surface area contributed by atoms with Gasteiger partial charge in [-0.1, -0.05) is 30.1 Å². The zero-order valence-electron chi connectivity index (χ0n) is 11.1. The van der Waals surface area contributed by atoms with Gasteiger partial charge in [-0.25, -0.2) is 4.39 Å². The molecule has 1 fully saturated rings. The van der Waals surface area contributed by atoms with Gasteiger partial charge in [0.1, 0.15) is 5.82 Å². The zero-order chi connectivity index (χ0) is 13.9. The first kappa shape index (κ1) is 13.2. The van der Waals surface area contributed by atoms with Crippen LogP contribution in [0.5, 0.6) is 0 Å². The maximum Gasteiger partial charge on any atom is 0.232 e. The predicted octanol–water partition coefficient (Wildman–Crippen LogP) is 2.82. The lowest BCUT2D eigenvalue weighted by molar-refractivity contribution is 0.0908. The normalized spacial score (nSPS) is 22.9. The maximum absolute atomic E-state index is 12.8. The van der Waals surface area contributed by atoms with E-state index in [1.807, 2.05) is 0 Å². The summed E-state index contributed by atoms with van der Waals surface area (Å²) in [5, 5.41) is 13.9. The largest absolute Gasteiger partial charge is 0.392 e. The van der Waals surface area contributed by atoms with Crippen molar-refractivity contribution in [3.8, 4) is 0 Å². The van der Waals surface area contributed by atoms with Crippen molar-refractivity contribution < 1.29 is 14.0 Å². The highest BCUT2D eigenvalue weighted by atomic mass is 19.1. The maximum atomic E-state index is 12.8. The third-order valence-corrected chi connectivity index (χ3v) is 3.81. The number of benzene rings is 1. The van der Waals surface area contributed by atoms with Crippen molar-refractivity contribution in [2.24, 2.45) is 0 Å². The highest BCUT2D eigenvalue weighted by Crippen LogP contribution is 2.32. The molecule has 1 aliphatic carbocycles. The summed E-state index contributed by atoms with van der Waals surface area (Å²) in [6.45, 7) is 0. The monoisotopic (exact) mass is 276 g/mol. The molecule has 0 radical (unpaired) electrons. The number of aliphatic hydroxyl groups excluding tert-OH is 1. The number of aliphatic hydroxyl groups is 1. The lowest BCUT2D eigenvalue weighted by atomic mass is 9.86. The molecule has 0 amide bonds. The summed E-state index contributed by atoms with van der Waals surface area (Å²) in [7, 11) is 0. The van der Waals surface area contributed by atoms with E-state index in [-0.39, 0.29) is 17.8 Å². The minimum atomic E-state index is -0.386. The Morgan fingerprint density at radius 2 is 1.95 bits per heavy atom. The van der Waals surface area contributed by atoms with Crippen molar-refractivity contribution in [2.45, 2.75) is 44.1 Å². The van der Waals surface area contributed by atoms with Crippen LogP contribution in [0.4, 0.5) is 4.39 Å². The third-order valence-electron chi connectivity index (χ3n) is 3.81. The highest BCUT2D eigenvalue weighted by molar-refractivity contribution is 5.19. The quantitative estimate of drug-likeness (QED) is 0.936. The molecule has 0 aliphatic heterocycles. The van der Waals surface area contributed by atoms with Crippen LogP contribution in [0, 0.1) is 5.82 Å². The average molecular weight is 276 g/mol. The molecule has 2 unspecified atom stereocenters. The summed E-state index contributed by atoms with van der Waals surface area (Å²) in [4.78, 5) is 4.37. The lowest BCUT2D eigenvalue weighted by Crippen LogP contribution is -2.22. The number of rotatable bonds is 3. The minimum Gasteiger partial charge on any atom is -0.392 e. The molecule has 0 saturated heterocycles. The van der Waals surface area contributed by atoms with Crippen LogP contribution in [-0.4, -0.2) is 21.4 Å². The molecule has 1 saturated carbocycles. The van der Waals surface area contributed by atoms with Gasteiger partial charge in [-0.15, -0.1) is 0 Å². The van der Waals surface area contributed by atoms with Gasteiger partial charge < -0.3 is 9.63 Å². The van der Waals surface area contributed by atoms with Gasteiger partial charge in [-0.3, -0.25) is 0 Å². The number of aromatic nitrogens is 2. The van der Waals surface area contributed by atoms with Gasteiger partial charge in [-0.2, -0.15) is 4.98 Å². The van der Waals surface area contributed by atoms with Crippen molar-refractivity contribution in [1.29, 1.82) is 0 Å². The Morgan fingerprint density at radius 3 is 2.70 bits per heavy atom. The zero-order valence-corrected chi connectivity index (χ0v) is 11.1. The van der Waals surface area contributed by atoms with E-state index in [4.69, 9.17) is 4.52 Å². The number of hydrogen-bond acceptors (Lipinski definition) is 4. The molecule has 1 aromatic heterocycles. The standard InChI is InChI=1S/C15H17FN2O2/c16-11-7-5-10(6-8-11)9-14-17-15(20-18-14)12-3-1-2-4-13(12)19/h5-8,12-13,19H,1-4,9H2. The third kappa shape index (κ3) is 2.88. The predicted molar refractivity (Wildman–Crippen MR) is 70.7 cm³/mol. The first-order valence-corrected chi connectivity index (χ1v) is 6.97. The van der Waals surface area contributed by atoms with Crippen LogP contribution in [0.1, 0.15) is 48.9 Å². The van der Waals surface area contributed by atoms with E-state index in [0.29, 0.717) is 18.1 Å². The van der Waals surface area contributed by atoms with Crippen molar-refractivity contribution in [3.05, 3.63) is 47.4 Å². The Balaban J connectivity index is 1.71. The summed E-state index contributed by atoms with van der Waals surface area (Å²) in [5.74, 6) is 0.796. The van der Waals surface area contributed by atoms with Crippen LogP contribution in [0.3, 0.4) is 0 Å². The molecule has 20 heavy (non-hydrogen) atoms. The SMILES string of the molecule is OC1CCCCC1c1nc(Cc2ccc(F)cc2)no1. The number of halogens is 1. The van der Waals surface area contributed by atoms with E-state index in [2.05, 4.69) is 10.1 Å². The molecule has 0 bridgehead atoms. The Hall–Kier alpha value is -1.75. The molecule has 2 aromatic rings. The molecule has 0 spiro atoms. The Morgan fingerprint density at radius 1 is 1.20 bits per heavy atom. The van der Waals surface area contributed by atoms with E-state index < -0.39 is 0 Å². The summed E-state index contributed by atoms with van der Waals surface area (Å²) < 4.78 is 18.1. The van der Waals surface area contributed by atoms with Crippen LogP contribution in [0.2, 0.25) is 0 Å². The fourth-order valence-electron chi connectivity index (χ4n) is 2.67. The molecular formula is C15H17FN2O2. The lowest BCUT2D eigenvalue weighted by Gasteiger charge is -2.24. The van der Waals surface area contributed by atoms with E-state index in [1.54, 1.807) is 12.1 Å². The first-order valence-electron chi connectivity index (χ1n) is 6.97. The summed E-state index contributed by atoms with van der Waals surface area (Å²) in [6.07, 6.45) is 3.93. The Bertz CT molecular complexity index is 568. The second-order valence-electron chi connectivity index (χ2n) is 5.31. The molecule has 1 heterocycles. The molecule has 1 N–H and O–H groups in total. The molecule has 106 valence electrons. The van der Waals surface area contributed by atoms with Gasteiger partial charge in [0.2, 0.25) is 5.89 Å². The van der Waals surface area contributed by atoms with E-state index in [9.17, 15) is 9.50 Å². The minimum absolute atomic E-state index is 0.0433. The molecular weight excluding hydrogens is 259 g/mol. The summed E-state index contributed by atoms with van der Waals surface area (Å²) in [5.41, 5.74) is 0.933. The van der Waals surface area contributed by atoms with E-state index >= 15 is 0 Å². The topological polar surface area (TPSA) is 59.2 Å². The second-order valence-corrected chi connectivity index (χ2v) is 5.31. The first-order chi connectivity index (χ1) is 9.72. The molecule has 2 atom stereocenters. The van der Waals surface area contributed by atoms with Gasteiger partial charge >= 0.3 is 0 Å². The number of hydrogen-bond donors (Lipinski definition) is 1. The Kier molecular flexibility index (Phi) is 3.78. The van der Waals surface area contributed by atoms with Crippen LogP contribution < -0.4 is 0 Å². The fourth-order valence-corrected chi connectivity index (χ4v) is 2.67. The van der Waals surface area contributed by atoms with Crippen molar-refractivity contribution in [1.82, 2.24) is 10.1 Å². The van der Waals surface area contributed by atoms with Gasteiger partial charge in [0.15, 0.2) is 5.82 Å². The summed E-state index contributed by atoms with van der Waals surface area (Å²) in [6, 6.07) is 6.25. The Labute approximate surface area is 116 Å². The number of nitrogens with zero attached hydrogens (tertiary/aromatic N) is 2. The van der Waals surface area contributed by atoms with E-state index in [0.717, 1.165) is 31.2 Å². The molecule has 5 heteroatoms. The van der Waals surface area contributed by atoms with Crippen LogP contribution >= 0.6 is 0 Å². The smallest absolute Gasteiger partial charge is 0.232 e. The van der Waals surface area contributed by atoms with Crippen LogP contribution in [0.15, 0.2) is 28.8 Å². The molecule has 1 aromatic carbocycles. The molecule has 1 aliphatic rings. The van der Waals surface area contributed by atoms with Crippen LogP contribution in [-0.2, 0) is 6.42 Å². The summed E-state index contributed by atoms with van der Waals surface area (Å²) >= 11 is 0.